The van der Waals surface area contributed by atoms with Crippen molar-refractivity contribution in [1.82, 2.24) is 14.8 Å². The summed E-state index contributed by atoms with van der Waals surface area (Å²) in [6.07, 6.45) is 1.85. The number of hydrogen-bond donors (Lipinski definition) is 2. The van der Waals surface area contributed by atoms with Crippen LogP contribution in [-0.4, -0.2) is 63.8 Å². The molecule has 1 amide bonds. The maximum Gasteiger partial charge on any atom is 0.257 e. The van der Waals surface area contributed by atoms with E-state index >= 15 is 0 Å². The van der Waals surface area contributed by atoms with Crippen LogP contribution in [0.1, 0.15) is 46.1 Å². The zero-order chi connectivity index (χ0) is 26.4. The molecule has 9 heteroatoms. The lowest BCUT2D eigenvalue weighted by Gasteiger charge is -2.38. The quantitative estimate of drug-likeness (QED) is 0.467. The van der Waals surface area contributed by atoms with Gasteiger partial charge in [-0.2, -0.15) is 0 Å². The molecule has 2 aromatic carbocycles. The van der Waals surface area contributed by atoms with E-state index < -0.39 is 11.3 Å². The van der Waals surface area contributed by atoms with Crippen molar-refractivity contribution >= 4 is 29.1 Å². The largest absolute Gasteiger partial charge is 0.392 e. The maximum absolute atomic E-state index is 14.0. The second-order valence-electron chi connectivity index (χ2n) is 9.93. The Hall–Kier alpha value is -2.52. The average Bonchev–Trinajstić information content (AvgIpc) is 3.39. The summed E-state index contributed by atoms with van der Waals surface area (Å²) in [6.45, 7) is 3.50. The van der Waals surface area contributed by atoms with Crippen molar-refractivity contribution < 1.29 is 19.7 Å². The molecule has 0 bridgehead atoms. The monoisotopic (exact) mass is 541 g/mol. The molecule has 2 aliphatic heterocycles. The highest BCUT2D eigenvalue weighted by Crippen LogP contribution is 2.46. The molecule has 0 radical (unpaired) electrons. The molecule has 1 unspecified atom stereocenters. The van der Waals surface area contributed by atoms with E-state index in [2.05, 4.69) is 4.98 Å². The molecule has 0 spiro atoms. The van der Waals surface area contributed by atoms with Gasteiger partial charge in [0.05, 0.1) is 29.0 Å². The molecule has 0 saturated carbocycles. The van der Waals surface area contributed by atoms with E-state index in [4.69, 9.17) is 27.9 Å². The summed E-state index contributed by atoms with van der Waals surface area (Å²) in [5.74, 6) is -0.238. The first-order valence-corrected chi connectivity index (χ1v) is 12.9. The molecule has 5 rings (SSSR count). The van der Waals surface area contributed by atoms with E-state index in [1.807, 2.05) is 29.2 Å². The second-order valence-corrected chi connectivity index (χ2v) is 10.8. The Bertz CT molecular complexity index is 1300. The zero-order valence-corrected chi connectivity index (χ0v) is 22.2. The smallest absolute Gasteiger partial charge is 0.257 e. The Labute approximate surface area is 226 Å². The van der Waals surface area contributed by atoms with Crippen LogP contribution in [0.5, 0.6) is 0 Å². The van der Waals surface area contributed by atoms with Crippen molar-refractivity contribution in [2.24, 2.45) is 0 Å². The fourth-order valence-electron chi connectivity index (χ4n) is 5.44. The number of aromatic nitrogens is 1. The number of β-amino-alcohol motifs (C(OH)–C–C–N with tert-alkyl or cyclic N) is 2. The number of nitrogens with zero attached hydrogens (tertiary/aromatic N) is 3. The lowest BCUT2D eigenvalue weighted by Crippen LogP contribution is -2.45. The van der Waals surface area contributed by atoms with Crippen LogP contribution in [0.25, 0.3) is 0 Å². The fourth-order valence-corrected chi connectivity index (χ4v) is 5.68. The molecule has 1 saturated heterocycles. The molecule has 3 atom stereocenters. The van der Waals surface area contributed by atoms with Gasteiger partial charge in [0.15, 0.2) is 5.72 Å². The second kappa shape index (κ2) is 9.98. The summed E-state index contributed by atoms with van der Waals surface area (Å²) in [5, 5.41) is 22.4. The van der Waals surface area contributed by atoms with Gasteiger partial charge in [0, 0.05) is 54.7 Å². The van der Waals surface area contributed by atoms with Gasteiger partial charge in [-0.05, 0) is 49.2 Å². The van der Waals surface area contributed by atoms with E-state index in [1.54, 1.807) is 55.5 Å². The van der Waals surface area contributed by atoms with Crippen molar-refractivity contribution in [2.45, 2.75) is 37.3 Å². The summed E-state index contributed by atoms with van der Waals surface area (Å²) >= 11 is 12.2. The van der Waals surface area contributed by atoms with Crippen LogP contribution in [-0.2, 0) is 22.6 Å². The van der Waals surface area contributed by atoms with Crippen LogP contribution in [0.4, 0.5) is 0 Å². The molecule has 2 N–H and O–H groups in total. The number of ether oxygens (including phenoxy) is 1. The Morgan fingerprint density at radius 2 is 1.86 bits per heavy atom. The van der Waals surface area contributed by atoms with E-state index in [9.17, 15) is 15.0 Å². The first-order valence-electron chi connectivity index (χ1n) is 12.2. The molecule has 3 aromatic rings. The molecule has 2 aliphatic rings. The number of aliphatic hydroxyl groups is 2. The number of hydrogen-bond acceptors (Lipinski definition) is 6. The van der Waals surface area contributed by atoms with Gasteiger partial charge in [-0.15, -0.1) is 0 Å². The molecule has 1 fully saturated rings. The number of halogens is 2. The molecule has 7 nitrogen and oxygen atoms in total. The van der Waals surface area contributed by atoms with E-state index in [1.165, 1.54) is 0 Å². The lowest BCUT2D eigenvalue weighted by molar-refractivity contribution is -0.0868. The van der Waals surface area contributed by atoms with Gasteiger partial charge >= 0.3 is 0 Å². The van der Waals surface area contributed by atoms with Crippen LogP contribution in [0.3, 0.4) is 0 Å². The lowest BCUT2D eigenvalue weighted by atomic mass is 9.88. The average molecular weight is 542 g/mol. The van der Waals surface area contributed by atoms with Crippen molar-refractivity contribution in [2.75, 3.05) is 26.7 Å². The van der Waals surface area contributed by atoms with Crippen LogP contribution in [0.15, 0.2) is 60.8 Å². The van der Waals surface area contributed by atoms with E-state index in [0.717, 1.165) is 5.56 Å². The number of benzene rings is 2. The zero-order valence-electron chi connectivity index (χ0n) is 20.7. The Morgan fingerprint density at radius 1 is 1.14 bits per heavy atom. The summed E-state index contributed by atoms with van der Waals surface area (Å²) in [5.41, 5.74) is 0.695. The highest BCUT2D eigenvalue weighted by atomic mass is 35.5. The van der Waals surface area contributed by atoms with Gasteiger partial charge in [-0.1, -0.05) is 47.5 Å². The van der Waals surface area contributed by atoms with Gasteiger partial charge in [-0.25, -0.2) is 0 Å². The number of rotatable bonds is 7. The molecular weight excluding hydrogens is 513 g/mol. The Balaban J connectivity index is 1.58. The predicted octanol–water partition coefficient (Wildman–Crippen LogP) is 4.17. The first-order chi connectivity index (χ1) is 17.6. The number of aliphatic hydroxyl groups excluding tert-OH is 1. The number of fused-ring (bicyclic) bond motifs is 1. The first kappa shape index (κ1) is 26.1. The summed E-state index contributed by atoms with van der Waals surface area (Å²) in [7, 11) is 1.57. The number of carbonyl (C=O) groups is 1. The Morgan fingerprint density at radius 3 is 2.49 bits per heavy atom. The van der Waals surface area contributed by atoms with E-state index in [-0.39, 0.29) is 18.6 Å². The van der Waals surface area contributed by atoms with Gasteiger partial charge in [0.1, 0.15) is 0 Å². The summed E-state index contributed by atoms with van der Waals surface area (Å²) in [4.78, 5) is 22.1. The molecule has 37 heavy (non-hydrogen) atoms. The van der Waals surface area contributed by atoms with Crippen molar-refractivity contribution in [3.05, 3.63) is 98.8 Å². The normalized spacial score (nSPS) is 23.4. The summed E-state index contributed by atoms with van der Waals surface area (Å²) in [6, 6.07) is 16.2. The number of likely N-dealkylation sites (tertiary alicyclic amines) is 1. The third kappa shape index (κ3) is 4.76. The minimum Gasteiger partial charge on any atom is -0.392 e. The van der Waals surface area contributed by atoms with Crippen LogP contribution in [0, 0.1) is 0 Å². The number of amides is 1. The predicted molar refractivity (Wildman–Crippen MR) is 141 cm³/mol. The summed E-state index contributed by atoms with van der Waals surface area (Å²) < 4.78 is 6.18. The third-order valence-corrected chi connectivity index (χ3v) is 7.76. The Kier molecular flexibility index (Phi) is 7.04. The van der Waals surface area contributed by atoms with Gasteiger partial charge in [0.25, 0.3) is 5.91 Å². The van der Waals surface area contributed by atoms with Gasteiger partial charge in [0.2, 0.25) is 0 Å². The molecule has 1 aromatic heterocycles. The fraction of sp³-hybridized carbons (Fsp3) is 0.357. The third-order valence-electron chi connectivity index (χ3n) is 7.28. The number of pyridine rings is 1. The minimum atomic E-state index is -1.22. The highest BCUT2D eigenvalue weighted by Gasteiger charge is 2.52. The maximum atomic E-state index is 14.0. The van der Waals surface area contributed by atoms with Crippen LogP contribution < -0.4 is 0 Å². The van der Waals surface area contributed by atoms with Gasteiger partial charge in [-0.3, -0.25) is 19.6 Å². The standard InChI is InChI=1S/C28H29Cl2N3O4/c1-27(36,17-32-12-11-23(34)16-32)19-5-10-25-24(13-19)26(35)33(15-22-9-8-21(30)14-31-22)28(25,37-2)18-3-6-20(29)7-4-18/h3-10,13-14,23,34,36H,11-12,15-17H2,1-2H3/t23-,27?,28-/m1/s1. The van der Waals surface area contributed by atoms with Crippen LogP contribution >= 0.6 is 23.2 Å². The molecule has 0 aliphatic carbocycles. The van der Waals surface area contributed by atoms with Crippen molar-refractivity contribution in [3.63, 3.8) is 0 Å². The topological polar surface area (TPSA) is 86.1 Å². The molecular formula is C28H29Cl2N3O4. The SMILES string of the molecule is CO[C@]1(c2ccc(Cl)cc2)c2ccc(C(C)(O)CN3CC[C@@H](O)C3)cc2C(=O)N1Cc1ccc(Cl)cn1. The number of methoxy groups -OCH3 is 1. The van der Waals surface area contributed by atoms with E-state index in [0.29, 0.717) is 58.5 Å². The minimum absolute atomic E-state index is 0.179. The van der Waals surface area contributed by atoms with Crippen LogP contribution in [0.2, 0.25) is 10.0 Å². The van der Waals surface area contributed by atoms with Crippen molar-refractivity contribution in [3.8, 4) is 0 Å². The highest BCUT2D eigenvalue weighted by molar-refractivity contribution is 6.30. The molecule has 3 heterocycles. The molecule has 194 valence electrons. The van der Waals surface area contributed by atoms with Crippen molar-refractivity contribution in [1.29, 1.82) is 0 Å². The number of carbonyl (C=O) groups excluding carboxylic acids is 1. The van der Waals surface area contributed by atoms with Gasteiger partial charge < -0.3 is 14.9 Å².